The third kappa shape index (κ3) is 3.03. The van der Waals surface area contributed by atoms with E-state index >= 15 is 0 Å². The second kappa shape index (κ2) is 5.95. The van der Waals surface area contributed by atoms with Crippen LogP contribution in [0.1, 0.15) is 18.7 Å². The number of nitrogen functional groups attached to an aromatic ring is 1. The van der Waals surface area contributed by atoms with Crippen LogP contribution in [-0.4, -0.2) is 18.8 Å². The number of hydrogen-bond donors (Lipinski definition) is 1. The zero-order valence-corrected chi connectivity index (χ0v) is 13.1. The van der Waals surface area contributed by atoms with Gasteiger partial charge in [0.1, 0.15) is 4.90 Å². The molecule has 0 saturated heterocycles. The van der Waals surface area contributed by atoms with Gasteiger partial charge in [-0.3, -0.25) is 0 Å². The summed E-state index contributed by atoms with van der Waals surface area (Å²) in [6.07, 6.45) is 0. The average Bonchev–Trinajstić information content (AvgIpc) is 2.88. The molecule has 2 aromatic rings. The van der Waals surface area contributed by atoms with Gasteiger partial charge in [-0.2, -0.15) is 4.31 Å². The number of rotatable bonds is 5. The number of benzene rings is 1. The van der Waals surface area contributed by atoms with Gasteiger partial charge in [-0.1, -0.05) is 18.2 Å². The molecule has 0 aliphatic carbocycles. The quantitative estimate of drug-likeness (QED) is 0.864. The fraction of sp³-hybridized carbons (Fsp3) is 0.286. The first-order valence-corrected chi connectivity index (χ1v) is 8.63. The smallest absolute Gasteiger partial charge is 0.245 e. The van der Waals surface area contributed by atoms with E-state index in [-0.39, 0.29) is 16.6 Å². The first kappa shape index (κ1) is 15.0. The molecule has 0 radical (unpaired) electrons. The van der Waals surface area contributed by atoms with Crippen molar-refractivity contribution in [3.63, 3.8) is 0 Å². The van der Waals surface area contributed by atoms with Crippen molar-refractivity contribution in [1.82, 2.24) is 4.31 Å². The van der Waals surface area contributed by atoms with Crippen LogP contribution < -0.4 is 5.73 Å². The van der Waals surface area contributed by atoms with E-state index in [0.717, 1.165) is 4.88 Å². The van der Waals surface area contributed by atoms with E-state index in [9.17, 15) is 8.42 Å². The second-order valence-corrected chi connectivity index (χ2v) is 7.65. The third-order valence-electron chi connectivity index (χ3n) is 2.97. The Labute approximate surface area is 123 Å². The monoisotopic (exact) mass is 310 g/mol. The van der Waals surface area contributed by atoms with Crippen molar-refractivity contribution in [1.29, 1.82) is 0 Å². The molecule has 20 heavy (non-hydrogen) atoms. The number of anilines is 1. The van der Waals surface area contributed by atoms with Crippen LogP contribution in [0.4, 0.5) is 5.69 Å². The van der Waals surface area contributed by atoms with Crippen LogP contribution in [0, 0.1) is 0 Å². The molecule has 6 heteroatoms. The number of thiophene rings is 1. The van der Waals surface area contributed by atoms with Gasteiger partial charge in [0.25, 0.3) is 0 Å². The Bertz CT molecular complexity index is 664. The third-order valence-corrected chi connectivity index (χ3v) is 5.93. The van der Waals surface area contributed by atoms with E-state index in [4.69, 9.17) is 5.73 Å². The number of para-hydroxylation sites is 1. The molecule has 0 atom stereocenters. The van der Waals surface area contributed by atoms with E-state index < -0.39 is 10.0 Å². The minimum Gasteiger partial charge on any atom is -0.398 e. The van der Waals surface area contributed by atoms with Crippen LogP contribution in [0.15, 0.2) is 46.7 Å². The lowest BCUT2D eigenvalue weighted by atomic mass is 10.3. The Morgan fingerprint density at radius 2 is 1.90 bits per heavy atom. The van der Waals surface area contributed by atoms with Gasteiger partial charge in [-0.15, -0.1) is 11.3 Å². The Kier molecular flexibility index (Phi) is 4.47. The van der Waals surface area contributed by atoms with Crippen LogP contribution in [-0.2, 0) is 16.6 Å². The topological polar surface area (TPSA) is 63.4 Å². The molecular formula is C14H18N2O2S2. The molecule has 2 N–H and O–H groups in total. The molecule has 0 amide bonds. The number of sulfonamides is 1. The van der Waals surface area contributed by atoms with Gasteiger partial charge in [0.2, 0.25) is 10.0 Å². The molecule has 0 aliphatic rings. The summed E-state index contributed by atoms with van der Waals surface area (Å²) >= 11 is 1.55. The maximum atomic E-state index is 12.8. The van der Waals surface area contributed by atoms with Crippen molar-refractivity contribution in [2.24, 2.45) is 0 Å². The molecule has 0 fully saturated rings. The normalized spacial score (nSPS) is 12.2. The maximum Gasteiger partial charge on any atom is 0.245 e. The average molecular weight is 310 g/mol. The second-order valence-electron chi connectivity index (χ2n) is 4.76. The predicted molar refractivity (Wildman–Crippen MR) is 83.0 cm³/mol. The van der Waals surface area contributed by atoms with Crippen molar-refractivity contribution < 1.29 is 8.42 Å². The van der Waals surface area contributed by atoms with Crippen molar-refractivity contribution in [2.75, 3.05) is 5.73 Å². The lowest BCUT2D eigenvalue weighted by Crippen LogP contribution is -2.36. The lowest BCUT2D eigenvalue weighted by Gasteiger charge is -2.26. The number of nitrogens with two attached hydrogens (primary N) is 1. The molecule has 0 bridgehead atoms. The van der Waals surface area contributed by atoms with Gasteiger partial charge < -0.3 is 5.73 Å². The zero-order valence-electron chi connectivity index (χ0n) is 11.5. The molecule has 2 rings (SSSR count). The SMILES string of the molecule is CC(C)N(Cc1cccs1)S(=O)(=O)c1ccccc1N. The molecule has 0 spiro atoms. The molecular weight excluding hydrogens is 292 g/mol. The molecule has 0 unspecified atom stereocenters. The van der Waals surface area contributed by atoms with E-state index in [2.05, 4.69) is 0 Å². The number of nitrogens with zero attached hydrogens (tertiary/aromatic N) is 1. The first-order valence-electron chi connectivity index (χ1n) is 6.31. The van der Waals surface area contributed by atoms with Gasteiger partial charge in [0.15, 0.2) is 0 Å². The fourth-order valence-corrected chi connectivity index (χ4v) is 4.46. The standard InChI is InChI=1S/C14H18N2O2S2/c1-11(2)16(10-12-6-5-9-19-12)20(17,18)14-8-4-3-7-13(14)15/h3-9,11H,10,15H2,1-2H3. The van der Waals surface area contributed by atoms with Crippen LogP contribution in [0.3, 0.4) is 0 Å². The van der Waals surface area contributed by atoms with Gasteiger partial charge >= 0.3 is 0 Å². The summed E-state index contributed by atoms with van der Waals surface area (Å²) in [5, 5.41) is 1.94. The maximum absolute atomic E-state index is 12.8. The highest BCUT2D eigenvalue weighted by Crippen LogP contribution is 2.26. The summed E-state index contributed by atoms with van der Waals surface area (Å²) in [5.74, 6) is 0. The van der Waals surface area contributed by atoms with Crippen LogP contribution >= 0.6 is 11.3 Å². The summed E-state index contributed by atoms with van der Waals surface area (Å²) in [5.41, 5.74) is 6.10. The van der Waals surface area contributed by atoms with E-state index in [1.54, 1.807) is 35.6 Å². The Morgan fingerprint density at radius 1 is 1.20 bits per heavy atom. The highest BCUT2D eigenvalue weighted by atomic mass is 32.2. The van der Waals surface area contributed by atoms with Gasteiger partial charge in [0, 0.05) is 17.5 Å². The molecule has 0 aliphatic heterocycles. The predicted octanol–water partition coefficient (Wildman–Crippen LogP) is 2.93. The van der Waals surface area contributed by atoms with Gasteiger partial charge in [-0.05, 0) is 37.4 Å². The van der Waals surface area contributed by atoms with Crippen LogP contribution in [0.2, 0.25) is 0 Å². The van der Waals surface area contributed by atoms with E-state index in [1.165, 1.54) is 4.31 Å². The van der Waals surface area contributed by atoms with Crippen LogP contribution in [0.25, 0.3) is 0 Å². The van der Waals surface area contributed by atoms with Crippen molar-refractivity contribution >= 4 is 27.0 Å². The van der Waals surface area contributed by atoms with Gasteiger partial charge in [-0.25, -0.2) is 8.42 Å². The zero-order chi connectivity index (χ0) is 14.8. The largest absolute Gasteiger partial charge is 0.398 e. The first-order chi connectivity index (χ1) is 9.43. The minimum absolute atomic E-state index is 0.137. The minimum atomic E-state index is -3.59. The summed E-state index contributed by atoms with van der Waals surface area (Å²) in [7, 11) is -3.59. The van der Waals surface area contributed by atoms with Crippen LogP contribution in [0.5, 0.6) is 0 Å². The highest BCUT2D eigenvalue weighted by molar-refractivity contribution is 7.89. The molecule has 108 valence electrons. The Morgan fingerprint density at radius 3 is 2.45 bits per heavy atom. The van der Waals surface area contributed by atoms with Crippen molar-refractivity contribution in [3.05, 3.63) is 46.7 Å². The number of hydrogen-bond acceptors (Lipinski definition) is 4. The van der Waals surface area contributed by atoms with E-state index in [1.807, 2.05) is 31.4 Å². The highest BCUT2D eigenvalue weighted by Gasteiger charge is 2.28. The Hall–Kier alpha value is -1.37. The fourth-order valence-electron chi connectivity index (χ4n) is 1.94. The summed E-state index contributed by atoms with van der Waals surface area (Å²) < 4.78 is 27.0. The van der Waals surface area contributed by atoms with Crippen molar-refractivity contribution in [2.45, 2.75) is 31.3 Å². The molecule has 1 aromatic carbocycles. The molecule has 4 nitrogen and oxygen atoms in total. The lowest BCUT2D eigenvalue weighted by molar-refractivity contribution is 0.350. The molecule has 1 heterocycles. The molecule has 0 saturated carbocycles. The summed E-state index contributed by atoms with van der Waals surface area (Å²) in [6, 6.07) is 10.3. The molecule has 1 aromatic heterocycles. The summed E-state index contributed by atoms with van der Waals surface area (Å²) in [4.78, 5) is 1.18. The van der Waals surface area contributed by atoms with Gasteiger partial charge in [0.05, 0.1) is 5.69 Å². The van der Waals surface area contributed by atoms with Crippen molar-refractivity contribution in [3.8, 4) is 0 Å². The summed E-state index contributed by atoms with van der Waals surface area (Å²) in [6.45, 7) is 4.10. The van der Waals surface area contributed by atoms with E-state index in [0.29, 0.717) is 6.54 Å². The Balaban J connectivity index is 2.40.